The van der Waals surface area contributed by atoms with Gasteiger partial charge >= 0.3 is 0 Å². The quantitative estimate of drug-likeness (QED) is 0.828. The van der Waals surface area contributed by atoms with Crippen molar-refractivity contribution < 1.29 is 13.2 Å². The summed E-state index contributed by atoms with van der Waals surface area (Å²) >= 11 is 0. The molecule has 25 heavy (non-hydrogen) atoms. The molecule has 0 aliphatic rings. The number of hydrogen-bond donors (Lipinski definition) is 1. The Bertz CT molecular complexity index is 846. The highest BCUT2D eigenvalue weighted by molar-refractivity contribution is 7.90. The summed E-state index contributed by atoms with van der Waals surface area (Å²) in [6.07, 6.45) is 2.57. The molecule has 5 heteroatoms. The van der Waals surface area contributed by atoms with E-state index in [1.807, 2.05) is 0 Å². The number of hydrogen-bond acceptors (Lipinski definition) is 4. The summed E-state index contributed by atoms with van der Waals surface area (Å²) in [5, 5.41) is 2.85. The van der Waals surface area contributed by atoms with E-state index in [0.717, 1.165) is 6.26 Å². The van der Waals surface area contributed by atoms with Gasteiger partial charge in [0.05, 0.1) is 10.6 Å². The van der Waals surface area contributed by atoms with Crippen LogP contribution in [0.2, 0.25) is 0 Å². The Kier molecular flexibility index (Phi) is 7.12. The number of anilines is 1. The molecule has 0 aromatic heterocycles. The Morgan fingerprint density at radius 1 is 1.04 bits per heavy atom. The lowest BCUT2D eigenvalue weighted by Gasteiger charge is -2.13. The van der Waals surface area contributed by atoms with Crippen LogP contribution in [0.3, 0.4) is 0 Å². The fourth-order valence-corrected chi connectivity index (χ4v) is 3.23. The van der Waals surface area contributed by atoms with Crippen LogP contribution in [-0.4, -0.2) is 27.5 Å². The lowest BCUT2D eigenvalue weighted by molar-refractivity contribution is 0.101. The lowest BCUT2D eigenvalue weighted by atomic mass is 10.0. The number of carbonyl (C=O) groups excluding carboxylic acids is 1. The SMILES string of the molecule is C=Cc1c(S(C)(=O)=O)ccc(C(C)=O)c1NC.Cc1ccc(C)cc1. The van der Waals surface area contributed by atoms with E-state index in [9.17, 15) is 13.2 Å². The number of nitrogens with one attached hydrogen (secondary N) is 1. The molecule has 134 valence electrons. The fourth-order valence-electron chi connectivity index (χ4n) is 2.33. The van der Waals surface area contributed by atoms with Gasteiger partial charge in [0.1, 0.15) is 0 Å². The van der Waals surface area contributed by atoms with E-state index < -0.39 is 9.84 Å². The Hall–Kier alpha value is -2.40. The predicted octanol–water partition coefficient (Wildman–Crippen LogP) is 4.28. The van der Waals surface area contributed by atoms with Crippen LogP contribution in [0.5, 0.6) is 0 Å². The first-order valence-electron chi connectivity index (χ1n) is 7.83. The molecule has 0 aliphatic heterocycles. The standard InChI is InChI=1S/C12H15NO3S.C8H10/c1-5-9-11(17(4,15)16)7-6-10(8(2)14)12(9)13-3;1-7-3-5-8(2)6-4-7/h5-7,13H,1H2,2-4H3;3-6H,1-2H3. The van der Waals surface area contributed by atoms with Gasteiger partial charge in [-0.05, 0) is 32.9 Å². The molecule has 4 nitrogen and oxygen atoms in total. The zero-order chi connectivity index (χ0) is 19.2. The molecule has 1 N–H and O–H groups in total. The average molecular weight is 359 g/mol. The molecule has 2 rings (SSSR count). The van der Waals surface area contributed by atoms with Crippen molar-refractivity contribution >= 4 is 27.4 Å². The second-order valence-corrected chi connectivity index (χ2v) is 7.82. The summed E-state index contributed by atoms with van der Waals surface area (Å²) in [6, 6.07) is 11.4. The van der Waals surface area contributed by atoms with Gasteiger partial charge in [-0.2, -0.15) is 0 Å². The van der Waals surface area contributed by atoms with E-state index in [1.54, 1.807) is 7.05 Å². The summed E-state index contributed by atoms with van der Waals surface area (Å²) in [4.78, 5) is 11.6. The minimum absolute atomic E-state index is 0.127. The largest absolute Gasteiger partial charge is 0.387 e. The molecule has 0 bridgehead atoms. The van der Waals surface area contributed by atoms with Crippen LogP contribution in [-0.2, 0) is 9.84 Å². The number of carbonyl (C=O) groups is 1. The molecule has 0 fully saturated rings. The molecule has 0 spiro atoms. The fraction of sp³-hybridized carbons (Fsp3) is 0.250. The molecule has 2 aromatic carbocycles. The van der Waals surface area contributed by atoms with Gasteiger partial charge in [-0.25, -0.2) is 8.42 Å². The number of Topliss-reactive ketones (excluding diaryl/α,β-unsaturated/α-hetero) is 1. The Morgan fingerprint density at radius 2 is 1.52 bits per heavy atom. The van der Waals surface area contributed by atoms with Crippen molar-refractivity contribution in [3.05, 3.63) is 65.2 Å². The maximum Gasteiger partial charge on any atom is 0.176 e. The maximum absolute atomic E-state index is 11.6. The maximum atomic E-state index is 11.6. The number of ketones is 1. The van der Waals surface area contributed by atoms with E-state index in [1.165, 1.54) is 36.3 Å². The molecule has 0 saturated heterocycles. The lowest BCUT2D eigenvalue weighted by Crippen LogP contribution is -2.07. The number of benzene rings is 2. The highest BCUT2D eigenvalue weighted by Crippen LogP contribution is 2.29. The van der Waals surface area contributed by atoms with Crippen LogP contribution in [0.4, 0.5) is 5.69 Å². The van der Waals surface area contributed by atoms with Gasteiger partial charge < -0.3 is 5.32 Å². The third kappa shape index (κ3) is 5.57. The van der Waals surface area contributed by atoms with Crippen LogP contribution in [0.1, 0.15) is 34.0 Å². The van der Waals surface area contributed by atoms with Crippen LogP contribution in [0.25, 0.3) is 6.08 Å². The van der Waals surface area contributed by atoms with Gasteiger partial charge in [0.2, 0.25) is 0 Å². The summed E-state index contributed by atoms with van der Waals surface area (Å²) in [7, 11) is -1.70. The third-order valence-corrected chi connectivity index (χ3v) is 4.81. The topological polar surface area (TPSA) is 63.2 Å². The van der Waals surface area contributed by atoms with E-state index in [2.05, 4.69) is 50.0 Å². The first-order chi connectivity index (χ1) is 11.6. The number of rotatable bonds is 4. The highest BCUT2D eigenvalue weighted by atomic mass is 32.2. The molecule has 0 heterocycles. The first-order valence-corrected chi connectivity index (χ1v) is 9.72. The summed E-state index contributed by atoms with van der Waals surface area (Å²) in [6.45, 7) is 9.23. The summed E-state index contributed by atoms with van der Waals surface area (Å²) in [5.74, 6) is -0.127. The Morgan fingerprint density at radius 3 is 1.84 bits per heavy atom. The van der Waals surface area contributed by atoms with Gasteiger partial charge in [0, 0.05) is 24.4 Å². The zero-order valence-electron chi connectivity index (χ0n) is 15.4. The van der Waals surface area contributed by atoms with Gasteiger partial charge in [0.25, 0.3) is 0 Å². The van der Waals surface area contributed by atoms with Crippen LogP contribution in [0, 0.1) is 13.8 Å². The van der Waals surface area contributed by atoms with Crippen LogP contribution >= 0.6 is 0 Å². The van der Waals surface area contributed by atoms with Gasteiger partial charge in [0.15, 0.2) is 15.6 Å². The molecule has 2 aromatic rings. The summed E-state index contributed by atoms with van der Waals surface area (Å²) < 4.78 is 23.2. The molecule has 0 amide bonds. The van der Waals surface area contributed by atoms with Crippen molar-refractivity contribution in [2.24, 2.45) is 0 Å². The van der Waals surface area contributed by atoms with Crippen LogP contribution in [0.15, 0.2) is 47.9 Å². The molecule has 0 radical (unpaired) electrons. The van der Waals surface area contributed by atoms with E-state index in [4.69, 9.17) is 0 Å². The van der Waals surface area contributed by atoms with Crippen molar-refractivity contribution in [3.8, 4) is 0 Å². The smallest absolute Gasteiger partial charge is 0.176 e. The average Bonchev–Trinajstić information content (AvgIpc) is 2.55. The molecular weight excluding hydrogens is 334 g/mol. The van der Waals surface area contributed by atoms with Gasteiger partial charge in [-0.3, -0.25) is 4.79 Å². The normalized spacial score (nSPS) is 10.4. The van der Waals surface area contributed by atoms with Crippen molar-refractivity contribution in [3.63, 3.8) is 0 Å². The minimum atomic E-state index is -3.34. The van der Waals surface area contributed by atoms with Gasteiger partial charge in [-0.15, -0.1) is 0 Å². The Labute approximate surface area is 150 Å². The molecule has 0 saturated carbocycles. The van der Waals surface area contributed by atoms with Gasteiger partial charge in [-0.1, -0.05) is 48.0 Å². The molecule has 0 atom stereocenters. The number of aryl methyl sites for hydroxylation is 2. The number of sulfone groups is 1. The van der Waals surface area contributed by atoms with Crippen molar-refractivity contribution in [2.45, 2.75) is 25.7 Å². The first kappa shape index (κ1) is 20.6. The molecular formula is C20H25NO3S. The van der Waals surface area contributed by atoms with Crippen molar-refractivity contribution in [1.82, 2.24) is 0 Å². The molecule has 0 unspecified atom stereocenters. The Balaban J connectivity index is 0.000000324. The third-order valence-electron chi connectivity index (χ3n) is 3.66. The second kappa shape index (κ2) is 8.62. The van der Waals surface area contributed by atoms with Crippen molar-refractivity contribution in [2.75, 3.05) is 18.6 Å². The second-order valence-electron chi connectivity index (χ2n) is 5.84. The summed E-state index contributed by atoms with van der Waals surface area (Å²) in [5.41, 5.74) is 4.04. The molecule has 0 aliphatic carbocycles. The van der Waals surface area contributed by atoms with E-state index in [-0.39, 0.29) is 10.7 Å². The minimum Gasteiger partial charge on any atom is -0.387 e. The monoisotopic (exact) mass is 359 g/mol. The zero-order valence-corrected chi connectivity index (χ0v) is 16.2. The van der Waals surface area contributed by atoms with Crippen molar-refractivity contribution in [1.29, 1.82) is 0 Å². The van der Waals surface area contributed by atoms with E-state index in [0.29, 0.717) is 16.8 Å². The highest BCUT2D eigenvalue weighted by Gasteiger charge is 2.18. The predicted molar refractivity (Wildman–Crippen MR) is 105 cm³/mol. The van der Waals surface area contributed by atoms with Crippen LogP contribution < -0.4 is 5.32 Å². The van der Waals surface area contributed by atoms with E-state index >= 15 is 0 Å².